The summed E-state index contributed by atoms with van der Waals surface area (Å²) in [6.07, 6.45) is 5.26. The van der Waals surface area contributed by atoms with Crippen LogP contribution in [0.2, 0.25) is 0 Å². The molecule has 2 N–H and O–H groups in total. The number of nitrogens with zero attached hydrogens (tertiary/aromatic N) is 3. The number of aromatic nitrogens is 1. The van der Waals surface area contributed by atoms with Gasteiger partial charge in [0.25, 0.3) is 0 Å². The molecule has 0 aromatic carbocycles. The van der Waals surface area contributed by atoms with Crippen LogP contribution in [0.4, 0.5) is 5.69 Å². The van der Waals surface area contributed by atoms with Crippen LogP contribution in [-0.2, 0) is 4.79 Å². The summed E-state index contributed by atoms with van der Waals surface area (Å²) in [6, 6.07) is 3.64. The molecule has 0 atom stereocenters. The Bertz CT molecular complexity index is 567. The number of carbonyl (C=O) groups is 1. The molecule has 6 nitrogen and oxygen atoms in total. The fourth-order valence-corrected chi connectivity index (χ4v) is 2.83. The standard InChI is InChI=1S/C16H24ClN5OS/c1-4-22(15(23)8-10-21(3)24-5-2)14(16(17)18)12-20-13-7-6-9-19-11-13/h6-7,9,11-12,18,20H,4-5,8,10H2,1-3H3/b14-12+,18-16?. The van der Waals surface area contributed by atoms with Gasteiger partial charge < -0.3 is 10.2 Å². The van der Waals surface area contributed by atoms with E-state index in [9.17, 15) is 4.79 Å². The minimum absolute atomic E-state index is 0.0642. The van der Waals surface area contributed by atoms with E-state index in [1.807, 2.05) is 24.3 Å². The number of hydrogen-bond acceptors (Lipinski definition) is 6. The Morgan fingerprint density at radius 3 is 2.79 bits per heavy atom. The van der Waals surface area contributed by atoms with Gasteiger partial charge in [0, 0.05) is 37.7 Å². The first-order valence-electron chi connectivity index (χ1n) is 7.75. The van der Waals surface area contributed by atoms with Crippen LogP contribution in [0.15, 0.2) is 36.4 Å². The zero-order valence-electron chi connectivity index (χ0n) is 14.3. The first-order chi connectivity index (χ1) is 11.5. The van der Waals surface area contributed by atoms with Gasteiger partial charge in [0.1, 0.15) is 5.17 Å². The van der Waals surface area contributed by atoms with Crippen LogP contribution in [0.5, 0.6) is 0 Å². The number of rotatable bonds is 10. The third kappa shape index (κ3) is 6.90. The van der Waals surface area contributed by atoms with Gasteiger partial charge in [-0.2, -0.15) is 0 Å². The highest BCUT2D eigenvalue weighted by atomic mass is 35.5. The van der Waals surface area contributed by atoms with E-state index in [1.165, 1.54) is 4.90 Å². The van der Waals surface area contributed by atoms with Gasteiger partial charge in [-0.25, -0.2) is 0 Å². The summed E-state index contributed by atoms with van der Waals surface area (Å²) in [7, 11) is 1.96. The highest BCUT2D eigenvalue weighted by Gasteiger charge is 2.19. The van der Waals surface area contributed by atoms with E-state index in [1.54, 1.807) is 36.6 Å². The zero-order valence-corrected chi connectivity index (χ0v) is 15.8. The van der Waals surface area contributed by atoms with Gasteiger partial charge in [0.15, 0.2) is 0 Å². The Morgan fingerprint density at radius 2 is 2.25 bits per heavy atom. The number of amides is 1. The van der Waals surface area contributed by atoms with E-state index >= 15 is 0 Å². The number of allylic oxidation sites excluding steroid dienone is 1. The molecular weight excluding hydrogens is 346 g/mol. The van der Waals surface area contributed by atoms with Crippen LogP contribution >= 0.6 is 23.5 Å². The lowest BCUT2D eigenvalue weighted by Crippen LogP contribution is -2.34. The Hall–Kier alpha value is -1.57. The summed E-state index contributed by atoms with van der Waals surface area (Å²) < 4.78 is 2.04. The van der Waals surface area contributed by atoms with Crippen molar-refractivity contribution in [3.63, 3.8) is 0 Å². The Balaban J connectivity index is 2.79. The molecule has 0 aliphatic carbocycles. The summed E-state index contributed by atoms with van der Waals surface area (Å²) in [5.41, 5.74) is 1.11. The molecule has 0 unspecified atom stereocenters. The molecule has 0 spiro atoms. The van der Waals surface area contributed by atoms with Gasteiger partial charge in [0.2, 0.25) is 5.91 Å². The smallest absolute Gasteiger partial charge is 0.228 e. The summed E-state index contributed by atoms with van der Waals surface area (Å²) in [5, 5.41) is 10.6. The van der Waals surface area contributed by atoms with Gasteiger partial charge in [-0.05, 0) is 26.1 Å². The largest absolute Gasteiger partial charge is 0.358 e. The van der Waals surface area contributed by atoms with E-state index in [-0.39, 0.29) is 11.1 Å². The quantitative estimate of drug-likeness (QED) is 0.488. The number of carbonyl (C=O) groups excluding carboxylic acids is 1. The predicted octanol–water partition coefficient (Wildman–Crippen LogP) is 3.39. The van der Waals surface area contributed by atoms with Crippen LogP contribution in [-0.4, -0.2) is 51.2 Å². The van der Waals surface area contributed by atoms with E-state index in [2.05, 4.69) is 17.2 Å². The maximum absolute atomic E-state index is 12.5. The molecule has 0 aliphatic rings. The average molecular weight is 370 g/mol. The lowest BCUT2D eigenvalue weighted by Gasteiger charge is -2.24. The molecule has 1 aromatic rings. The minimum Gasteiger partial charge on any atom is -0.358 e. The topological polar surface area (TPSA) is 72.3 Å². The average Bonchev–Trinajstić information content (AvgIpc) is 2.57. The fourth-order valence-electron chi connectivity index (χ4n) is 2.01. The lowest BCUT2D eigenvalue weighted by atomic mass is 10.3. The fraction of sp³-hybridized carbons (Fsp3) is 0.438. The van der Waals surface area contributed by atoms with Crippen molar-refractivity contribution in [2.75, 3.05) is 31.2 Å². The molecule has 0 bridgehead atoms. The summed E-state index contributed by atoms with van der Waals surface area (Å²) in [6.45, 7) is 5.02. The van der Waals surface area contributed by atoms with Crippen LogP contribution in [0.3, 0.4) is 0 Å². The van der Waals surface area contributed by atoms with Crippen molar-refractivity contribution < 1.29 is 4.79 Å². The second-order valence-electron chi connectivity index (χ2n) is 4.89. The molecule has 0 fully saturated rings. The van der Waals surface area contributed by atoms with Crippen molar-refractivity contribution in [1.82, 2.24) is 14.2 Å². The van der Waals surface area contributed by atoms with Crippen LogP contribution in [0.1, 0.15) is 20.3 Å². The highest BCUT2D eigenvalue weighted by Crippen LogP contribution is 2.14. The van der Waals surface area contributed by atoms with Crippen LogP contribution < -0.4 is 5.32 Å². The van der Waals surface area contributed by atoms with E-state index < -0.39 is 0 Å². The molecule has 8 heteroatoms. The predicted molar refractivity (Wildman–Crippen MR) is 102 cm³/mol. The molecule has 1 amide bonds. The second-order valence-corrected chi connectivity index (χ2v) is 6.72. The number of nitrogens with one attached hydrogen (secondary N) is 2. The summed E-state index contributed by atoms with van der Waals surface area (Å²) >= 11 is 7.57. The van der Waals surface area contributed by atoms with Crippen molar-refractivity contribution >= 4 is 40.3 Å². The number of anilines is 1. The number of halogens is 1. The van der Waals surface area contributed by atoms with Crippen LogP contribution in [0.25, 0.3) is 0 Å². The SMILES string of the molecule is CCSN(C)CCC(=O)N(CC)/C(=C/Nc1cccnc1)C(=N)Cl. The highest BCUT2D eigenvalue weighted by molar-refractivity contribution is 7.96. The van der Waals surface area contributed by atoms with Crippen molar-refractivity contribution in [1.29, 1.82) is 5.41 Å². The van der Waals surface area contributed by atoms with E-state index in [0.29, 0.717) is 25.2 Å². The van der Waals surface area contributed by atoms with Crippen LogP contribution in [0, 0.1) is 5.41 Å². The Labute approximate surface area is 152 Å². The molecular formula is C16H24ClN5OS. The Kier molecular flexibility index (Phi) is 9.44. The van der Waals surface area contributed by atoms with Crippen molar-refractivity contribution in [3.8, 4) is 0 Å². The van der Waals surface area contributed by atoms with Crippen molar-refractivity contribution in [2.45, 2.75) is 20.3 Å². The summed E-state index contributed by atoms with van der Waals surface area (Å²) in [4.78, 5) is 18.0. The molecule has 24 heavy (non-hydrogen) atoms. The third-order valence-corrected chi connectivity index (χ3v) is 4.24. The zero-order chi connectivity index (χ0) is 17.9. The number of hydrogen-bond donors (Lipinski definition) is 2. The second kappa shape index (κ2) is 11.1. The normalized spacial score (nSPS) is 11.5. The number of pyridine rings is 1. The van der Waals surface area contributed by atoms with Gasteiger partial charge in [-0.1, -0.05) is 30.5 Å². The molecule has 0 saturated carbocycles. The molecule has 0 saturated heterocycles. The van der Waals surface area contributed by atoms with Crippen molar-refractivity contribution in [3.05, 3.63) is 36.4 Å². The molecule has 132 valence electrons. The lowest BCUT2D eigenvalue weighted by molar-refractivity contribution is -0.128. The monoisotopic (exact) mass is 369 g/mol. The van der Waals surface area contributed by atoms with Gasteiger partial charge in [0.05, 0.1) is 17.6 Å². The first kappa shape index (κ1) is 20.5. The molecule has 1 heterocycles. The van der Waals surface area contributed by atoms with Gasteiger partial charge in [-0.3, -0.25) is 19.5 Å². The Morgan fingerprint density at radius 1 is 1.50 bits per heavy atom. The first-order valence-corrected chi connectivity index (χ1v) is 9.07. The molecule has 0 aliphatic heterocycles. The molecule has 0 radical (unpaired) electrons. The molecule has 1 aromatic heterocycles. The molecule has 1 rings (SSSR count). The maximum atomic E-state index is 12.5. The van der Waals surface area contributed by atoms with E-state index in [0.717, 1.165) is 11.4 Å². The summed E-state index contributed by atoms with van der Waals surface area (Å²) in [5.74, 6) is 0.903. The minimum atomic E-state index is -0.183. The van der Waals surface area contributed by atoms with Crippen molar-refractivity contribution in [2.24, 2.45) is 0 Å². The third-order valence-electron chi connectivity index (χ3n) is 3.16. The maximum Gasteiger partial charge on any atom is 0.228 e. The van der Waals surface area contributed by atoms with Gasteiger partial charge >= 0.3 is 0 Å². The van der Waals surface area contributed by atoms with Gasteiger partial charge in [-0.15, -0.1) is 0 Å². The van der Waals surface area contributed by atoms with E-state index in [4.69, 9.17) is 17.0 Å².